The molecular formula is C12H25N3O. The van der Waals surface area contributed by atoms with E-state index in [1.165, 1.54) is 6.42 Å². The monoisotopic (exact) mass is 227 g/mol. The van der Waals surface area contributed by atoms with Gasteiger partial charge in [0.25, 0.3) is 0 Å². The zero-order valence-electron chi connectivity index (χ0n) is 10.8. The molecule has 0 bridgehead atoms. The predicted octanol–water partition coefficient (Wildman–Crippen LogP) is 1.51. The molecule has 1 saturated heterocycles. The normalized spacial score (nSPS) is 23.0. The second-order valence-electron chi connectivity index (χ2n) is 5.01. The summed E-state index contributed by atoms with van der Waals surface area (Å²) in [5.74, 6) is 0.635. The highest BCUT2D eigenvalue weighted by Gasteiger charge is 2.25. The summed E-state index contributed by atoms with van der Waals surface area (Å²) in [6.45, 7) is 6.71. The molecule has 1 heterocycles. The van der Waals surface area contributed by atoms with Crippen LogP contribution in [-0.2, 0) is 0 Å². The van der Waals surface area contributed by atoms with Crippen molar-refractivity contribution in [3.05, 3.63) is 0 Å². The average Bonchev–Trinajstić information content (AvgIpc) is 2.27. The van der Waals surface area contributed by atoms with Crippen LogP contribution in [0.25, 0.3) is 0 Å². The van der Waals surface area contributed by atoms with E-state index in [-0.39, 0.29) is 12.1 Å². The summed E-state index contributed by atoms with van der Waals surface area (Å²) in [7, 11) is 1.88. The highest BCUT2D eigenvalue weighted by molar-refractivity contribution is 5.74. The Morgan fingerprint density at radius 2 is 2.31 bits per heavy atom. The van der Waals surface area contributed by atoms with Crippen LogP contribution in [0.2, 0.25) is 0 Å². The molecule has 0 aliphatic carbocycles. The van der Waals surface area contributed by atoms with E-state index in [1.54, 1.807) is 0 Å². The molecule has 0 aromatic carbocycles. The minimum absolute atomic E-state index is 0.160. The maximum atomic E-state index is 12.2. The maximum Gasteiger partial charge on any atom is 0.319 e. The Bertz CT molecular complexity index is 232. The van der Waals surface area contributed by atoms with Crippen LogP contribution < -0.4 is 5.73 Å². The molecule has 2 atom stereocenters. The third kappa shape index (κ3) is 3.37. The number of nitrogens with zero attached hydrogens (tertiary/aromatic N) is 2. The number of rotatable bonds is 3. The summed E-state index contributed by atoms with van der Waals surface area (Å²) in [6.07, 6.45) is 3.24. The second-order valence-corrected chi connectivity index (χ2v) is 5.01. The van der Waals surface area contributed by atoms with Crippen LogP contribution in [0.4, 0.5) is 4.79 Å². The standard InChI is InChI=1S/C12H25N3O/c1-10-5-4-8-15(9-10)12(16)14(3)11(2)6-7-13/h10-11H,4-9,13H2,1-3H3. The largest absolute Gasteiger partial charge is 0.330 e. The van der Waals surface area contributed by atoms with Gasteiger partial charge in [-0.2, -0.15) is 0 Å². The van der Waals surface area contributed by atoms with E-state index in [1.807, 2.05) is 16.8 Å². The quantitative estimate of drug-likeness (QED) is 0.794. The van der Waals surface area contributed by atoms with Gasteiger partial charge in [-0.1, -0.05) is 6.92 Å². The van der Waals surface area contributed by atoms with Gasteiger partial charge in [-0.15, -0.1) is 0 Å². The summed E-state index contributed by atoms with van der Waals surface area (Å²) >= 11 is 0. The number of hydrogen-bond donors (Lipinski definition) is 1. The topological polar surface area (TPSA) is 49.6 Å². The van der Waals surface area contributed by atoms with E-state index < -0.39 is 0 Å². The molecule has 0 aromatic rings. The van der Waals surface area contributed by atoms with Crippen molar-refractivity contribution in [3.63, 3.8) is 0 Å². The lowest BCUT2D eigenvalue weighted by molar-refractivity contribution is 0.127. The lowest BCUT2D eigenvalue weighted by atomic mass is 10.0. The van der Waals surface area contributed by atoms with Crippen LogP contribution in [0.1, 0.15) is 33.1 Å². The van der Waals surface area contributed by atoms with Gasteiger partial charge in [0, 0.05) is 26.2 Å². The first-order valence-corrected chi connectivity index (χ1v) is 6.28. The van der Waals surface area contributed by atoms with E-state index in [4.69, 9.17) is 5.73 Å². The van der Waals surface area contributed by atoms with E-state index in [2.05, 4.69) is 13.8 Å². The Morgan fingerprint density at radius 3 is 2.88 bits per heavy atom. The van der Waals surface area contributed by atoms with Gasteiger partial charge in [-0.05, 0) is 38.6 Å². The van der Waals surface area contributed by atoms with Gasteiger partial charge in [0.1, 0.15) is 0 Å². The van der Waals surface area contributed by atoms with Crippen LogP contribution >= 0.6 is 0 Å². The van der Waals surface area contributed by atoms with Crippen molar-refractivity contribution in [1.82, 2.24) is 9.80 Å². The summed E-state index contributed by atoms with van der Waals surface area (Å²) in [5, 5.41) is 0. The van der Waals surface area contributed by atoms with Crippen molar-refractivity contribution in [2.24, 2.45) is 11.7 Å². The third-order valence-electron chi connectivity index (χ3n) is 3.47. The summed E-state index contributed by atoms with van der Waals surface area (Å²) in [4.78, 5) is 16.0. The van der Waals surface area contributed by atoms with Gasteiger partial charge in [-0.3, -0.25) is 0 Å². The summed E-state index contributed by atoms with van der Waals surface area (Å²) in [5.41, 5.74) is 5.52. The molecule has 4 nitrogen and oxygen atoms in total. The van der Waals surface area contributed by atoms with Crippen LogP contribution in [-0.4, -0.2) is 48.6 Å². The molecule has 1 rings (SSSR count). The molecule has 1 aliphatic heterocycles. The molecule has 2 N–H and O–H groups in total. The minimum Gasteiger partial charge on any atom is -0.330 e. The van der Waals surface area contributed by atoms with E-state index in [0.29, 0.717) is 12.5 Å². The van der Waals surface area contributed by atoms with Crippen molar-refractivity contribution in [2.45, 2.75) is 39.2 Å². The molecule has 1 aliphatic rings. The first-order chi connectivity index (χ1) is 7.56. The lowest BCUT2D eigenvalue weighted by Crippen LogP contribution is -2.48. The number of amides is 2. The number of hydrogen-bond acceptors (Lipinski definition) is 2. The lowest BCUT2D eigenvalue weighted by Gasteiger charge is -2.36. The van der Waals surface area contributed by atoms with Gasteiger partial charge in [-0.25, -0.2) is 4.79 Å². The molecule has 16 heavy (non-hydrogen) atoms. The molecule has 0 saturated carbocycles. The van der Waals surface area contributed by atoms with Crippen molar-refractivity contribution in [3.8, 4) is 0 Å². The molecule has 2 amide bonds. The van der Waals surface area contributed by atoms with Gasteiger partial charge in [0.2, 0.25) is 0 Å². The molecular weight excluding hydrogens is 202 g/mol. The molecule has 0 spiro atoms. The zero-order valence-corrected chi connectivity index (χ0v) is 10.8. The fourth-order valence-corrected chi connectivity index (χ4v) is 2.21. The molecule has 1 fully saturated rings. The smallest absolute Gasteiger partial charge is 0.319 e. The number of likely N-dealkylation sites (tertiary alicyclic amines) is 1. The number of carbonyl (C=O) groups is 1. The van der Waals surface area contributed by atoms with Crippen molar-refractivity contribution >= 4 is 6.03 Å². The fraction of sp³-hybridized carbons (Fsp3) is 0.917. The Kier molecular flexibility index (Phi) is 5.06. The average molecular weight is 227 g/mol. The molecule has 2 unspecified atom stereocenters. The Balaban J connectivity index is 2.48. The van der Waals surface area contributed by atoms with Gasteiger partial charge < -0.3 is 15.5 Å². The van der Waals surface area contributed by atoms with Gasteiger partial charge >= 0.3 is 6.03 Å². The molecule has 94 valence electrons. The SMILES string of the molecule is CC1CCCN(C(=O)N(C)C(C)CCN)C1. The number of urea groups is 1. The molecule has 0 aromatic heterocycles. The highest BCUT2D eigenvalue weighted by Crippen LogP contribution is 2.17. The zero-order chi connectivity index (χ0) is 12.1. The van der Waals surface area contributed by atoms with Crippen molar-refractivity contribution in [1.29, 1.82) is 0 Å². The molecule has 4 heteroatoms. The summed E-state index contributed by atoms with van der Waals surface area (Å²) < 4.78 is 0. The van der Waals surface area contributed by atoms with Crippen LogP contribution in [0.15, 0.2) is 0 Å². The minimum atomic E-state index is 0.160. The van der Waals surface area contributed by atoms with E-state index >= 15 is 0 Å². The Morgan fingerprint density at radius 1 is 1.62 bits per heavy atom. The Hall–Kier alpha value is -0.770. The highest BCUT2D eigenvalue weighted by atomic mass is 16.2. The van der Waals surface area contributed by atoms with Crippen LogP contribution in [0.3, 0.4) is 0 Å². The number of carbonyl (C=O) groups excluding carboxylic acids is 1. The third-order valence-corrected chi connectivity index (χ3v) is 3.47. The van der Waals surface area contributed by atoms with Crippen molar-refractivity contribution in [2.75, 3.05) is 26.7 Å². The van der Waals surface area contributed by atoms with Gasteiger partial charge in [0.05, 0.1) is 0 Å². The first-order valence-electron chi connectivity index (χ1n) is 6.28. The predicted molar refractivity (Wildman–Crippen MR) is 66.3 cm³/mol. The molecule has 0 radical (unpaired) electrons. The maximum absolute atomic E-state index is 12.2. The van der Waals surface area contributed by atoms with Crippen LogP contribution in [0.5, 0.6) is 0 Å². The Labute approximate surface area is 98.8 Å². The number of nitrogens with two attached hydrogens (primary N) is 1. The fourth-order valence-electron chi connectivity index (χ4n) is 2.21. The number of piperidine rings is 1. The van der Waals surface area contributed by atoms with E-state index in [0.717, 1.165) is 25.9 Å². The second kappa shape index (κ2) is 6.09. The van der Waals surface area contributed by atoms with E-state index in [9.17, 15) is 4.79 Å². The first kappa shape index (κ1) is 13.3. The van der Waals surface area contributed by atoms with Gasteiger partial charge in [0.15, 0.2) is 0 Å². The van der Waals surface area contributed by atoms with Crippen LogP contribution in [0, 0.1) is 5.92 Å². The summed E-state index contributed by atoms with van der Waals surface area (Å²) in [6, 6.07) is 0.391. The van der Waals surface area contributed by atoms with Crippen molar-refractivity contribution < 1.29 is 4.79 Å².